The Morgan fingerprint density at radius 3 is 2.60 bits per heavy atom. The summed E-state index contributed by atoms with van der Waals surface area (Å²) in [6, 6.07) is 14.6. The van der Waals surface area contributed by atoms with Crippen LogP contribution >= 0.6 is 12.2 Å². The number of alkyl halides is 3. The Labute approximate surface area is 148 Å². The van der Waals surface area contributed by atoms with E-state index in [1.807, 2.05) is 35.3 Å². The molecule has 130 valence electrons. The Morgan fingerprint density at radius 2 is 1.88 bits per heavy atom. The van der Waals surface area contributed by atoms with Gasteiger partial charge in [-0.3, -0.25) is 10.4 Å². The van der Waals surface area contributed by atoms with Crippen LogP contribution in [0.3, 0.4) is 0 Å². The Balaban J connectivity index is 1.64. The fourth-order valence-electron chi connectivity index (χ4n) is 2.42. The van der Waals surface area contributed by atoms with Crippen LogP contribution in [-0.4, -0.2) is 17.5 Å². The van der Waals surface area contributed by atoms with Crippen LogP contribution in [0.1, 0.15) is 12.0 Å². The van der Waals surface area contributed by atoms with Crippen molar-refractivity contribution < 1.29 is 13.2 Å². The second-order valence-electron chi connectivity index (χ2n) is 5.42. The molecule has 1 aliphatic heterocycles. The summed E-state index contributed by atoms with van der Waals surface area (Å²) in [5.74, 6) is 0.660. The van der Waals surface area contributed by atoms with Crippen LogP contribution in [0.15, 0.2) is 59.6 Å². The van der Waals surface area contributed by atoms with E-state index >= 15 is 0 Å². The van der Waals surface area contributed by atoms with Crippen molar-refractivity contribution in [2.24, 2.45) is 4.99 Å². The summed E-state index contributed by atoms with van der Waals surface area (Å²) >= 11 is 5.13. The van der Waals surface area contributed by atoms with Crippen molar-refractivity contribution in [2.75, 3.05) is 16.9 Å². The third-order valence-corrected chi connectivity index (χ3v) is 3.78. The van der Waals surface area contributed by atoms with Crippen molar-refractivity contribution in [1.29, 1.82) is 0 Å². The van der Waals surface area contributed by atoms with Crippen LogP contribution < -0.4 is 15.8 Å². The second-order valence-corrected chi connectivity index (χ2v) is 5.80. The molecule has 0 bridgehead atoms. The summed E-state index contributed by atoms with van der Waals surface area (Å²) < 4.78 is 38.2. The fraction of sp³-hybridized carbons (Fsp3) is 0.176. The zero-order chi connectivity index (χ0) is 17.9. The number of rotatable bonds is 2. The number of aliphatic imine (C=N–C) groups is 1. The average Bonchev–Trinajstić information content (AvgIpc) is 3.03. The zero-order valence-corrected chi connectivity index (χ0v) is 13.9. The van der Waals surface area contributed by atoms with Gasteiger partial charge in [0.05, 0.1) is 11.3 Å². The van der Waals surface area contributed by atoms with E-state index in [1.54, 1.807) is 0 Å². The Bertz CT molecular complexity index is 790. The number of nitrogens with one attached hydrogen (secondary N) is 2. The highest BCUT2D eigenvalue weighted by molar-refractivity contribution is 7.80. The first-order valence-electron chi connectivity index (χ1n) is 7.57. The summed E-state index contributed by atoms with van der Waals surface area (Å²) in [5.41, 5.74) is 3.66. The summed E-state index contributed by atoms with van der Waals surface area (Å²) in [5, 5.41) is 4.77. The Morgan fingerprint density at radius 1 is 1.12 bits per heavy atom. The quantitative estimate of drug-likeness (QED) is 0.783. The smallest absolute Gasteiger partial charge is 0.331 e. The number of benzene rings is 2. The molecule has 4 nitrogen and oxygen atoms in total. The lowest BCUT2D eigenvalue weighted by Gasteiger charge is -2.17. The molecule has 0 spiro atoms. The average molecular weight is 364 g/mol. The molecule has 0 radical (unpaired) electrons. The molecule has 8 heteroatoms. The number of nitrogens with zero attached hydrogens (tertiary/aromatic N) is 2. The van der Waals surface area contributed by atoms with E-state index in [9.17, 15) is 13.2 Å². The monoisotopic (exact) mass is 364 g/mol. The lowest BCUT2D eigenvalue weighted by Crippen LogP contribution is -2.33. The molecule has 0 atom stereocenters. The van der Waals surface area contributed by atoms with Crippen molar-refractivity contribution in [3.63, 3.8) is 0 Å². The molecule has 2 aromatic carbocycles. The number of para-hydroxylation sites is 1. The van der Waals surface area contributed by atoms with Crippen molar-refractivity contribution in [3.05, 3.63) is 60.2 Å². The minimum atomic E-state index is -4.39. The molecule has 1 aliphatic rings. The molecule has 0 amide bonds. The van der Waals surface area contributed by atoms with Gasteiger partial charge in [0.2, 0.25) is 0 Å². The summed E-state index contributed by atoms with van der Waals surface area (Å²) in [6.45, 7) is 0.731. The maximum absolute atomic E-state index is 12.7. The fourth-order valence-corrected chi connectivity index (χ4v) is 2.64. The topological polar surface area (TPSA) is 39.7 Å². The van der Waals surface area contributed by atoms with Gasteiger partial charge in [-0.2, -0.15) is 13.2 Å². The molecule has 0 unspecified atom stereocenters. The van der Waals surface area contributed by atoms with E-state index in [1.165, 1.54) is 12.1 Å². The summed E-state index contributed by atoms with van der Waals surface area (Å²) in [6.07, 6.45) is -3.73. The van der Waals surface area contributed by atoms with E-state index in [4.69, 9.17) is 12.2 Å². The number of thiocarbonyl (C=S) groups is 1. The third-order valence-electron chi connectivity index (χ3n) is 3.58. The van der Waals surface area contributed by atoms with Gasteiger partial charge in [0.15, 0.2) is 5.11 Å². The molecule has 1 fully saturated rings. The lowest BCUT2D eigenvalue weighted by molar-refractivity contribution is -0.137. The predicted molar refractivity (Wildman–Crippen MR) is 96.6 cm³/mol. The first kappa shape index (κ1) is 17.2. The van der Waals surface area contributed by atoms with Crippen LogP contribution in [0, 0.1) is 0 Å². The Hall–Kier alpha value is -2.61. The maximum Gasteiger partial charge on any atom is 0.416 e. The van der Waals surface area contributed by atoms with Crippen LogP contribution in [0.5, 0.6) is 0 Å². The largest absolute Gasteiger partial charge is 0.416 e. The van der Waals surface area contributed by atoms with Gasteiger partial charge in [-0.05, 0) is 42.5 Å². The number of halogens is 3. The van der Waals surface area contributed by atoms with E-state index in [0.29, 0.717) is 12.3 Å². The van der Waals surface area contributed by atoms with Gasteiger partial charge in [-0.1, -0.05) is 24.3 Å². The lowest BCUT2D eigenvalue weighted by atomic mass is 10.2. The summed E-state index contributed by atoms with van der Waals surface area (Å²) in [7, 11) is 0. The van der Waals surface area contributed by atoms with Crippen LogP contribution in [0.25, 0.3) is 0 Å². The Kier molecular flexibility index (Phi) is 4.89. The second kappa shape index (κ2) is 7.10. The summed E-state index contributed by atoms with van der Waals surface area (Å²) in [4.78, 5) is 4.24. The molecular formula is C17H15F3N4S. The molecular weight excluding hydrogens is 349 g/mol. The predicted octanol–water partition coefficient (Wildman–Crippen LogP) is 4.22. The van der Waals surface area contributed by atoms with Crippen molar-refractivity contribution in [1.82, 2.24) is 5.43 Å². The van der Waals surface area contributed by atoms with Gasteiger partial charge < -0.3 is 5.32 Å². The highest BCUT2D eigenvalue weighted by Gasteiger charge is 2.30. The molecule has 3 rings (SSSR count). The zero-order valence-electron chi connectivity index (χ0n) is 13.0. The molecule has 1 heterocycles. The molecule has 0 aromatic heterocycles. The molecule has 25 heavy (non-hydrogen) atoms. The standard InChI is InChI=1S/C17H15F3N4S/c18-17(19,20)12-5-4-6-13(11-12)21-16(25)22-15-9-10-24(23-15)14-7-2-1-3-8-14/h1-8,11H,9-10H2,(H2,21,22,23,25). The SMILES string of the molecule is FC(F)(F)c1cccc(NC(=S)/N=C2/CCN(c3ccccc3)N2)c1. The first-order valence-corrected chi connectivity index (χ1v) is 7.98. The number of hydrogen-bond acceptors (Lipinski definition) is 2. The minimum Gasteiger partial charge on any atom is -0.331 e. The number of hydrogen-bond donors (Lipinski definition) is 2. The van der Waals surface area contributed by atoms with Gasteiger partial charge in [0.25, 0.3) is 0 Å². The molecule has 1 saturated heterocycles. The van der Waals surface area contributed by atoms with E-state index in [0.717, 1.165) is 24.4 Å². The van der Waals surface area contributed by atoms with Gasteiger partial charge in [-0.25, -0.2) is 4.99 Å². The van der Waals surface area contributed by atoms with Crippen LogP contribution in [0.2, 0.25) is 0 Å². The van der Waals surface area contributed by atoms with Crippen LogP contribution in [-0.2, 0) is 6.18 Å². The minimum absolute atomic E-state index is 0.108. The van der Waals surface area contributed by atoms with Crippen molar-refractivity contribution >= 4 is 34.5 Å². The van der Waals surface area contributed by atoms with Gasteiger partial charge in [-0.15, -0.1) is 0 Å². The van der Waals surface area contributed by atoms with E-state index < -0.39 is 11.7 Å². The highest BCUT2D eigenvalue weighted by atomic mass is 32.1. The third kappa shape index (κ3) is 4.48. The first-order chi connectivity index (χ1) is 11.9. The number of amidine groups is 1. The van der Waals surface area contributed by atoms with Crippen LogP contribution in [0.4, 0.5) is 24.5 Å². The van der Waals surface area contributed by atoms with Gasteiger partial charge in [0, 0.05) is 18.7 Å². The van der Waals surface area contributed by atoms with Crippen molar-refractivity contribution in [3.8, 4) is 0 Å². The van der Waals surface area contributed by atoms with Gasteiger partial charge >= 0.3 is 6.18 Å². The molecule has 2 N–H and O–H groups in total. The molecule has 0 saturated carbocycles. The molecule has 2 aromatic rings. The normalized spacial score (nSPS) is 16.0. The highest BCUT2D eigenvalue weighted by Crippen LogP contribution is 2.30. The van der Waals surface area contributed by atoms with E-state index in [2.05, 4.69) is 15.7 Å². The number of anilines is 2. The maximum atomic E-state index is 12.7. The van der Waals surface area contributed by atoms with E-state index in [-0.39, 0.29) is 10.8 Å². The number of hydrazine groups is 1. The van der Waals surface area contributed by atoms with Gasteiger partial charge in [0.1, 0.15) is 5.84 Å². The van der Waals surface area contributed by atoms with Crippen molar-refractivity contribution in [2.45, 2.75) is 12.6 Å². The molecule has 0 aliphatic carbocycles.